The van der Waals surface area contributed by atoms with Crippen molar-refractivity contribution in [2.75, 3.05) is 32.4 Å². The highest BCUT2D eigenvalue weighted by atomic mass is 35.5. The number of carbonyl (C=O) groups is 1. The summed E-state index contributed by atoms with van der Waals surface area (Å²) >= 11 is 6.96. The Kier molecular flexibility index (Phi) is 8.18. The van der Waals surface area contributed by atoms with Gasteiger partial charge >= 0.3 is 0 Å². The average Bonchev–Trinajstić information content (AvgIpc) is 3.21. The molecule has 3 aromatic rings. The van der Waals surface area contributed by atoms with Crippen molar-refractivity contribution in [1.82, 2.24) is 14.8 Å². The molecular weight excluding hydrogens is 471 g/mol. The molecule has 1 heterocycles. The molecular formula is C22H22ClFN4O4S. The highest BCUT2D eigenvalue weighted by Crippen LogP contribution is 2.41. The van der Waals surface area contributed by atoms with Crippen molar-refractivity contribution in [2.45, 2.75) is 11.7 Å². The zero-order valence-electron chi connectivity index (χ0n) is 18.2. The number of rotatable bonds is 10. The van der Waals surface area contributed by atoms with Gasteiger partial charge in [0.05, 0.1) is 32.1 Å². The number of amides is 1. The van der Waals surface area contributed by atoms with Gasteiger partial charge < -0.3 is 19.5 Å². The molecule has 8 nitrogen and oxygen atoms in total. The molecule has 33 heavy (non-hydrogen) atoms. The number of aromatic nitrogens is 3. The van der Waals surface area contributed by atoms with Crippen molar-refractivity contribution < 1.29 is 23.4 Å². The van der Waals surface area contributed by atoms with Crippen LogP contribution in [0.2, 0.25) is 5.02 Å². The first-order chi connectivity index (χ1) is 15.9. The van der Waals surface area contributed by atoms with Crippen LogP contribution in [-0.2, 0) is 11.3 Å². The number of ether oxygens (including phenoxy) is 3. The van der Waals surface area contributed by atoms with E-state index in [9.17, 15) is 9.18 Å². The third kappa shape index (κ3) is 5.58. The van der Waals surface area contributed by atoms with Gasteiger partial charge in [-0.05, 0) is 30.3 Å². The van der Waals surface area contributed by atoms with E-state index in [1.54, 1.807) is 18.2 Å². The van der Waals surface area contributed by atoms with E-state index in [4.69, 9.17) is 25.8 Å². The van der Waals surface area contributed by atoms with Crippen LogP contribution in [0.15, 0.2) is 48.1 Å². The van der Waals surface area contributed by atoms with E-state index in [0.717, 1.165) is 0 Å². The maximum Gasteiger partial charge on any atom is 0.234 e. The Balaban J connectivity index is 1.83. The summed E-state index contributed by atoms with van der Waals surface area (Å²) in [6.45, 7) is 4.21. The second-order valence-corrected chi connectivity index (χ2v) is 7.93. The molecule has 0 unspecified atom stereocenters. The molecule has 0 saturated heterocycles. The summed E-state index contributed by atoms with van der Waals surface area (Å²) < 4.78 is 31.3. The minimum Gasteiger partial charge on any atom is -0.493 e. The third-order valence-electron chi connectivity index (χ3n) is 4.49. The Morgan fingerprint density at radius 3 is 2.45 bits per heavy atom. The summed E-state index contributed by atoms with van der Waals surface area (Å²) in [4.78, 5) is 12.4. The molecule has 0 bridgehead atoms. The Morgan fingerprint density at radius 2 is 1.88 bits per heavy atom. The summed E-state index contributed by atoms with van der Waals surface area (Å²) in [5, 5.41) is 11.7. The van der Waals surface area contributed by atoms with E-state index in [0.29, 0.717) is 46.0 Å². The van der Waals surface area contributed by atoms with E-state index in [1.807, 2.05) is 4.57 Å². The van der Waals surface area contributed by atoms with Gasteiger partial charge in [0.25, 0.3) is 0 Å². The lowest BCUT2D eigenvalue weighted by Gasteiger charge is -2.14. The Hall–Kier alpha value is -3.24. The molecule has 2 aromatic carbocycles. The normalized spacial score (nSPS) is 10.6. The third-order valence-corrected chi connectivity index (χ3v) is 5.74. The number of methoxy groups -OCH3 is 3. The summed E-state index contributed by atoms with van der Waals surface area (Å²) in [6.07, 6.45) is 1.70. The van der Waals surface area contributed by atoms with Crippen molar-refractivity contribution >= 4 is 35.0 Å². The van der Waals surface area contributed by atoms with E-state index in [-0.39, 0.29) is 16.7 Å². The van der Waals surface area contributed by atoms with Gasteiger partial charge in [0.15, 0.2) is 22.5 Å². The number of allylic oxidation sites excluding steroid dienone is 1. The minimum atomic E-state index is -0.555. The highest BCUT2D eigenvalue weighted by Gasteiger charge is 2.20. The van der Waals surface area contributed by atoms with E-state index < -0.39 is 5.82 Å². The SMILES string of the molecule is C=CCn1c(SCC(=O)Nc2ccc(F)c(Cl)c2)nnc1-c1cc(OC)c(OC)c(OC)c1. The molecule has 0 aliphatic rings. The predicted molar refractivity (Wildman–Crippen MR) is 126 cm³/mol. The molecule has 0 aliphatic carbocycles. The van der Waals surface area contributed by atoms with Crippen LogP contribution in [0.25, 0.3) is 11.4 Å². The fraction of sp³-hybridized carbons (Fsp3) is 0.227. The highest BCUT2D eigenvalue weighted by molar-refractivity contribution is 7.99. The van der Waals surface area contributed by atoms with Crippen LogP contribution in [0.3, 0.4) is 0 Å². The number of anilines is 1. The monoisotopic (exact) mass is 492 g/mol. The number of nitrogens with one attached hydrogen (secondary N) is 1. The van der Waals surface area contributed by atoms with Crippen molar-refractivity contribution in [3.8, 4) is 28.6 Å². The largest absolute Gasteiger partial charge is 0.493 e. The second-order valence-electron chi connectivity index (χ2n) is 6.59. The first kappa shape index (κ1) is 24.4. The Morgan fingerprint density at radius 1 is 1.18 bits per heavy atom. The van der Waals surface area contributed by atoms with Crippen molar-refractivity contribution in [3.63, 3.8) is 0 Å². The smallest absolute Gasteiger partial charge is 0.234 e. The first-order valence-corrected chi connectivity index (χ1v) is 11.0. The van der Waals surface area contributed by atoms with E-state index in [1.165, 1.54) is 51.3 Å². The molecule has 1 aromatic heterocycles. The van der Waals surface area contributed by atoms with Gasteiger partial charge in [-0.2, -0.15) is 0 Å². The topological polar surface area (TPSA) is 87.5 Å². The summed E-state index contributed by atoms with van der Waals surface area (Å²) in [5.41, 5.74) is 1.09. The van der Waals surface area contributed by atoms with Crippen molar-refractivity contribution in [1.29, 1.82) is 0 Å². The van der Waals surface area contributed by atoms with Crippen LogP contribution in [0.5, 0.6) is 17.2 Å². The molecule has 11 heteroatoms. The zero-order chi connectivity index (χ0) is 24.0. The van der Waals surface area contributed by atoms with Crippen LogP contribution in [-0.4, -0.2) is 47.8 Å². The molecule has 0 aliphatic heterocycles. The minimum absolute atomic E-state index is 0.0551. The van der Waals surface area contributed by atoms with Crippen molar-refractivity contribution in [2.24, 2.45) is 0 Å². The van der Waals surface area contributed by atoms with E-state index in [2.05, 4.69) is 22.1 Å². The lowest BCUT2D eigenvalue weighted by Crippen LogP contribution is -2.14. The molecule has 1 N–H and O–H groups in total. The van der Waals surface area contributed by atoms with Gasteiger partial charge in [-0.25, -0.2) is 4.39 Å². The molecule has 0 saturated carbocycles. The fourth-order valence-corrected chi connectivity index (χ4v) is 3.94. The second kappa shape index (κ2) is 11.1. The van der Waals surface area contributed by atoms with Gasteiger partial charge in [0, 0.05) is 17.8 Å². The van der Waals surface area contributed by atoms with Crippen LogP contribution < -0.4 is 19.5 Å². The summed E-state index contributed by atoms with van der Waals surface area (Å²) in [6, 6.07) is 7.51. The molecule has 0 fully saturated rings. The van der Waals surface area contributed by atoms with Crippen LogP contribution in [0.4, 0.5) is 10.1 Å². The molecule has 3 rings (SSSR count). The van der Waals surface area contributed by atoms with Gasteiger partial charge in [0.1, 0.15) is 5.82 Å². The maximum atomic E-state index is 13.3. The van der Waals surface area contributed by atoms with Gasteiger partial charge in [-0.1, -0.05) is 29.4 Å². The quantitative estimate of drug-likeness (QED) is 0.325. The van der Waals surface area contributed by atoms with Crippen LogP contribution in [0, 0.1) is 5.82 Å². The summed E-state index contributed by atoms with van der Waals surface area (Å²) in [5.74, 6) is 1.16. The number of carbonyl (C=O) groups excluding carboxylic acids is 1. The fourth-order valence-electron chi connectivity index (χ4n) is 3.01. The number of benzene rings is 2. The molecule has 1 amide bonds. The van der Waals surface area contributed by atoms with Gasteiger partial charge in [0.2, 0.25) is 11.7 Å². The Bertz CT molecular complexity index is 1150. The number of halogens is 2. The lowest BCUT2D eigenvalue weighted by molar-refractivity contribution is -0.113. The first-order valence-electron chi connectivity index (χ1n) is 9.64. The van der Waals surface area contributed by atoms with Crippen LogP contribution >= 0.6 is 23.4 Å². The molecule has 0 spiro atoms. The maximum absolute atomic E-state index is 13.3. The Labute approximate surface area is 199 Å². The number of thioether (sulfide) groups is 1. The van der Waals surface area contributed by atoms with Gasteiger partial charge in [-0.15, -0.1) is 16.8 Å². The van der Waals surface area contributed by atoms with Crippen LogP contribution in [0.1, 0.15) is 0 Å². The van der Waals surface area contributed by atoms with E-state index >= 15 is 0 Å². The number of hydrogen-bond donors (Lipinski definition) is 1. The summed E-state index contributed by atoms with van der Waals surface area (Å²) in [7, 11) is 4.59. The molecule has 0 atom stereocenters. The van der Waals surface area contributed by atoms with Gasteiger partial charge in [-0.3, -0.25) is 9.36 Å². The number of nitrogens with zero attached hydrogens (tertiary/aromatic N) is 3. The molecule has 0 radical (unpaired) electrons. The zero-order valence-corrected chi connectivity index (χ0v) is 19.8. The predicted octanol–water partition coefficient (Wildman–Crippen LogP) is 4.68. The molecule has 174 valence electrons. The lowest BCUT2D eigenvalue weighted by atomic mass is 10.1. The van der Waals surface area contributed by atoms with Crippen molar-refractivity contribution in [3.05, 3.63) is 53.8 Å². The standard InChI is InChI=1S/C22H22ClFN4O4S/c1-5-8-28-21(13-9-17(30-2)20(32-4)18(10-13)31-3)26-27-22(28)33-12-19(29)25-14-6-7-16(24)15(23)11-14/h5-7,9-11H,1,8,12H2,2-4H3,(H,25,29). The average molecular weight is 493 g/mol. The number of hydrogen-bond acceptors (Lipinski definition) is 7.